The second-order valence-corrected chi connectivity index (χ2v) is 5.03. The van der Waals surface area contributed by atoms with Crippen molar-refractivity contribution in [2.75, 3.05) is 17.8 Å². The molecule has 1 rings (SSSR count). The molecule has 0 saturated heterocycles. The van der Waals surface area contributed by atoms with Crippen LogP contribution in [0.1, 0.15) is 26.6 Å². The van der Waals surface area contributed by atoms with E-state index in [1.54, 1.807) is 11.8 Å². The van der Waals surface area contributed by atoms with Crippen molar-refractivity contribution < 1.29 is 4.74 Å². The standard InChI is InChI=1S/C11H20N4OS/c1-4-16-6-10-13-9(15-12)5-11(14-10)17-7-8(2)3/h5,8H,4,6-7,12H2,1-3H3,(H,13,14,15). The maximum Gasteiger partial charge on any atom is 0.157 e. The summed E-state index contributed by atoms with van der Waals surface area (Å²) in [7, 11) is 0. The van der Waals surface area contributed by atoms with E-state index in [0.29, 0.717) is 30.8 Å². The van der Waals surface area contributed by atoms with Crippen LogP contribution in [0.3, 0.4) is 0 Å². The molecule has 1 aromatic heterocycles. The van der Waals surface area contributed by atoms with Gasteiger partial charge in [0.05, 0.1) is 0 Å². The van der Waals surface area contributed by atoms with Crippen LogP contribution in [0.25, 0.3) is 0 Å². The third kappa shape index (κ3) is 5.34. The average Bonchev–Trinajstić information content (AvgIpc) is 2.33. The van der Waals surface area contributed by atoms with Crippen molar-refractivity contribution in [3.63, 3.8) is 0 Å². The summed E-state index contributed by atoms with van der Waals surface area (Å²) in [6, 6.07) is 1.85. The van der Waals surface area contributed by atoms with Crippen LogP contribution in [0.2, 0.25) is 0 Å². The number of nitrogens with one attached hydrogen (secondary N) is 1. The second kappa shape index (κ2) is 7.47. The molecule has 17 heavy (non-hydrogen) atoms. The van der Waals surface area contributed by atoms with Crippen LogP contribution in [0.4, 0.5) is 5.82 Å². The van der Waals surface area contributed by atoms with E-state index in [9.17, 15) is 0 Å². The number of nitrogen functional groups attached to an aromatic ring is 1. The Hall–Kier alpha value is -0.850. The third-order valence-corrected chi connectivity index (χ3v) is 3.23. The number of rotatable bonds is 7. The molecule has 0 unspecified atom stereocenters. The third-order valence-electron chi connectivity index (χ3n) is 1.90. The minimum absolute atomic E-state index is 0.418. The number of nitrogens with two attached hydrogens (primary N) is 1. The van der Waals surface area contributed by atoms with Gasteiger partial charge in [-0.15, -0.1) is 11.8 Å². The smallest absolute Gasteiger partial charge is 0.157 e. The zero-order chi connectivity index (χ0) is 12.7. The summed E-state index contributed by atoms with van der Waals surface area (Å²) in [6.07, 6.45) is 0. The predicted octanol–water partition coefficient (Wildman–Crippen LogP) is 2.05. The summed E-state index contributed by atoms with van der Waals surface area (Å²) in [5, 5.41) is 0.927. The lowest BCUT2D eigenvalue weighted by atomic mass is 10.3. The van der Waals surface area contributed by atoms with Crippen molar-refractivity contribution in [2.24, 2.45) is 11.8 Å². The quantitative estimate of drug-likeness (QED) is 0.337. The van der Waals surface area contributed by atoms with E-state index in [-0.39, 0.29) is 0 Å². The minimum atomic E-state index is 0.418. The maximum atomic E-state index is 5.38. The largest absolute Gasteiger partial charge is 0.374 e. The van der Waals surface area contributed by atoms with Gasteiger partial charge in [0.2, 0.25) is 0 Å². The van der Waals surface area contributed by atoms with Crippen molar-refractivity contribution in [1.82, 2.24) is 9.97 Å². The molecule has 96 valence electrons. The first kappa shape index (κ1) is 14.2. The van der Waals surface area contributed by atoms with Gasteiger partial charge in [-0.25, -0.2) is 15.8 Å². The van der Waals surface area contributed by atoms with Gasteiger partial charge in [0, 0.05) is 18.4 Å². The Morgan fingerprint density at radius 2 is 2.24 bits per heavy atom. The lowest BCUT2D eigenvalue weighted by Gasteiger charge is -2.08. The molecule has 6 heteroatoms. The molecule has 0 aliphatic carbocycles. The molecular formula is C11H20N4OS. The van der Waals surface area contributed by atoms with Crippen LogP contribution in [0.15, 0.2) is 11.1 Å². The number of ether oxygens (including phenoxy) is 1. The average molecular weight is 256 g/mol. The van der Waals surface area contributed by atoms with Gasteiger partial charge in [-0.3, -0.25) is 0 Å². The predicted molar refractivity (Wildman–Crippen MR) is 70.7 cm³/mol. The first-order valence-electron chi connectivity index (χ1n) is 5.70. The fourth-order valence-electron chi connectivity index (χ4n) is 1.13. The van der Waals surface area contributed by atoms with E-state index < -0.39 is 0 Å². The van der Waals surface area contributed by atoms with Gasteiger partial charge in [-0.05, 0) is 12.8 Å². The van der Waals surface area contributed by atoms with Crippen molar-refractivity contribution in [2.45, 2.75) is 32.4 Å². The summed E-state index contributed by atoms with van der Waals surface area (Å²) in [5.74, 6) is 8.32. The van der Waals surface area contributed by atoms with Gasteiger partial charge in [0.1, 0.15) is 17.5 Å². The Kier molecular flexibility index (Phi) is 6.25. The van der Waals surface area contributed by atoms with Gasteiger partial charge >= 0.3 is 0 Å². The van der Waals surface area contributed by atoms with Gasteiger partial charge in [-0.1, -0.05) is 13.8 Å². The monoisotopic (exact) mass is 256 g/mol. The van der Waals surface area contributed by atoms with Crippen molar-refractivity contribution >= 4 is 17.6 Å². The number of aromatic nitrogens is 2. The number of hydrazine groups is 1. The second-order valence-electron chi connectivity index (χ2n) is 3.99. The zero-order valence-electron chi connectivity index (χ0n) is 10.6. The Labute approximate surface area is 107 Å². The van der Waals surface area contributed by atoms with Crippen LogP contribution in [0, 0.1) is 5.92 Å². The van der Waals surface area contributed by atoms with Gasteiger partial charge < -0.3 is 10.2 Å². The SMILES string of the molecule is CCOCc1nc(NN)cc(SCC(C)C)n1. The fraction of sp³-hybridized carbons (Fsp3) is 0.636. The topological polar surface area (TPSA) is 73.1 Å². The highest BCUT2D eigenvalue weighted by atomic mass is 32.2. The Morgan fingerprint density at radius 3 is 2.82 bits per heavy atom. The van der Waals surface area contributed by atoms with Crippen LogP contribution >= 0.6 is 11.8 Å². The molecule has 1 heterocycles. The van der Waals surface area contributed by atoms with Crippen molar-refractivity contribution in [1.29, 1.82) is 0 Å². The van der Waals surface area contributed by atoms with Gasteiger partial charge in [0.15, 0.2) is 5.82 Å². The van der Waals surface area contributed by atoms with Crippen LogP contribution < -0.4 is 11.3 Å². The molecule has 0 atom stereocenters. The first-order chi connectivity index (χ1) is 8.15. The molecule has 5 nitrogen and oxygen atoms in total. The number of anilines is 1. The molecule has 1 aromatic rings. The van der Waals surface area contributed by atoms with E-state index in [1.807, 2.05) is 13.0 Å². The lowest BCUT2D eigenvalue weighted by molar-refractivity contribution is 0.128. The highest BCUT2D eigenvalue weighted by molar-refractivity contribution is 7.99. The number of thioether (sulfide) groups is 1. The maximum absolute atomic E-state index is 5.38. The number of nitrogens with zero attached hydrogens (tertiary/aromatic N) is 2. The molecule has 0 fully saturated rings. The van der Waals surface area contributed by atoms with Crippen LogP contribution in [0.5, 0.6) is 0 Å². The molecular weight excluding hydrogens is 236 g/mol. The highest BCUT2D eigenvalue weighted by Crippen LogP contribution is 2.20. The van der Waals surface area contributed by atoms with Crippen molar-refractivity contribution in [3.8, 4) is 0 Å². The Balaban J connectivity index is 2.73. The minimum Gasteiger partial charge on any atom is -0.374 e. The zero-order valence-corrected chi connectivity index (χ0v) is 11.4. The highest BCUT2D eigenvalue weighted by Gasteiger charge is 2.05. The molecule has 0 radical (unpaired) electrons. The summed E-state index contributed by atoms with van der Waals surface area (Å²) in [5.41, 5.74) is 2.55. The Bertz CT molecular complexity index is 346. The van der Waals surface area contributed by atoms with Crippen LogP contribution in [-0.4, -0.2) is 22.3 Å². The van der Waals surface area contributed by atoms with Gasteiger partial charge in [-0.2, -0.15) is 0 Å². The molecule has 0 aromatic carbocycles. The fourth-order valence-corrected chi connectivity index (χ4v) is 2.00. The number of hydrogen-bond acceptors (Lipinski definition) is 6. The summed E-state index contributed by atoms with van der Waals surface area (Å²) >= 11 is 1.70. The first-order valence-corrected chi connectivity index (χ1v) is 6.69. The van der Waals surface area contributed by atoms with E-state index in [0.717, 1.165) is 10.8 Å². The van der Waals surface area contributed by atoms with E-state index in [2.05, 4.69) is 29.2 Å². The van der Waals surface area contributed by atoms with Crippen molar-refractivity contribution in [3.05, 3.63) is 11.9 Å². The summed E-state index contributed by atoms with van der Waals surface area (Å²) in [4.78, 5) is 8.65. The number of hydrogen-bond donors (Lipinski definition) is 2. The van der Waals surface area contributed by atoms with E-state index in [4.69, 9.17) is 10.6 Å². The molecule has 0 aliphatic heterocycles. The normalized spacial score (nSPS) is 10.9. The van der Waals surface area contributed by atoms with Gasteiger partial charge in [0.25, 0.3) is 0 Å². The lowest BCUT2D eigenvalue weighted by Crippen LogP contribution is -2.11. The summed E-state index contributed by atoms with van der Waals surface area (Å²) < 4.78 is 5.30. The molecule has 0 bridgehead atoms. The molecule has 0 spiro atoms. The molecule has 0 aliphatic rings. The molecule has 3 N–H and O–H groups in total. The molecule has 0 saturated carbocycles. The van der Waals surface area contributed by atoms with Crippen LogP contribution in [-0.2, 0) is 11.3 Å². The molecule has 0 amide bonds. The van der Waals surface area contributed by atoms with E-state index in [1.165, 1.54) is 0 Å². The Morgan fingerprint density at radius 1 is 1.47 bits per heavy atom. The summed E-state index contributed by atoms with van der Waals surface area (Å²) in [6.45, 7) is 7.37. The van der Waals surface area contributed by atoms with E-state index >= 15 is 0 Å².